The molecule has 0 saturated heterocycles. The van der Waals surface area contributed by atoms with Gasteiger partial charge in [-0.05, 0) is 49.9 Å². The Morgan fingerprint density at radius 1 is 1.19 bits per heavy atom. The Morgan fingerprint density at radius 2 is 2.00 bits per heavy atom. The predicted octanol–water partition coefficient (Wildman–Crippen LogP) is 3.92. The zero-order valence-corrected chi connectivity index (χ0v) is 13.6. The number of hydrogen-bond donors (Lipinski definition) is 2. The molecular formula is C17H23NO2S. The number of thiophene rings is 1. The van der Waals surface area contributed by atoms with Gasteiger partial charge in [-0.2, -0.15) is 0 Å². The lowest BCUT2D eigenvalue weighted by Crippen LogP contribution is -2.24. The third kappa shape index (κ3) is 4.84. The molecule has 2 atom stereocenters. The summed E-state index contributed by atoms with van der Waals surface area (Å²) in [6.07, 6.45) is -0.405. The molecule has 2 unspecified atom stereocenters. The lowest BCUT2D eigenvalue weighted by Gasteiger charge is -2.17. The highest BCUT2D eigenvalue weighted by atomic mass is 32.1. The second kappa shape index (κ2) is 7.59. The van der Waals surface area contributed by atoms with E-state index in [0.29, 0.717) is 6.54 Å². The van der Waals surface area contributed by atoms with Crippen molar-refractivity contribution in [2.45, 2.75) is 39.0 Å². The summed E-state index contributed by atoms with van der Waals surface area (Å²) in [4.78, 5) is 1.28. The summed E-state index contributed by atoms with van der Waals surface area (Å²) in [5, 5.41) is 15.7. The van der Waals surface area contributed by atoms with Crippen LogP contribution in [0.2, 0.25) is 0 Å². The van der Waals surface area contributed by atoms with Crippen molar-refractivity contribution in [3.05, 3.63) is 52.2 Å². The lowest BCUT2D eigenvalue weighted by molar-refractivity contribution is 0.170. The van der Waals surface area contributed by atoms with Gasteiger partial charge >= 0.3 is 0 Å². The fourth-order valence-electron chi connectivity index (χ4n) is 2.11. The van der Waals surface area contributed by atoms with Crippen molar-refractivity contribution < 1.29 is 9.84 Å². The highest BCUT2D eigenvalue weighted by Gasteiger charge is 2.12. The van der Waals surface area contributed by atoms with Gasteiger partial charge in [0.05, 0.1) is 12.2 Å². The van der Waals surface area contributed by atoms with Crippen molar-refractivity contribution in [1.29, 1.82) is 0 Å². The van der Waals surface area contributed by atoms with Gasteiger partial charge in [-0.1, -0.05) is 18.2 Å². The second-order valence-electron chi connectivity index (χ2n) is 5.40. The fraction of sp³-hybridized carbons (Fsp3) is 0.412. The molecule has 0 spiro atoms. The van der Waals surface area contributed by atoms with Crippen LogP contribution >= 0.6 is 11.3 Å². The van der Waals surface area contributed by atoms with Gasteiger partial charge in [-0.3, -0.25) is 0 Å². The van der Waals surface area contributed by atoms with E-state index in [2.05, 4.69) is 23.7 Å². The Morgan fingerprint density at radius 3 is 2.67 bits per heavy atom. The van der Waals surface area contributed by atoms with E-state index in [1.807, 2.05) is 44.2 Å². The van der Waals surface area contributed by atoms with Crippen molar-refractivity contribution in [2.75, 3.05) is 6.54 Å². The van der Waals surface area contributed by atoms with Crippen LogP contribution in [0.3, 0.4) is 0 Å². The summed E-state index contributed by atoms with van der Waals surface area (Å²) in [7, 11) is 0. The lowest BCUT2D eigenvalue weighted by atomic mass is 10.1. The molecule has 0 radical (unpaired) electrons. The van der Waals surface area contributed by atoms with Crippen LogP contribution in [-0.4, -0.2) is 17.8 Å². The van der Waals surface area contributed by atoms with Crippen LogP contribution in [0, 0.1) is 0 Å². The molecule has 0 amide bonds. The smallest absolute Gasteiger partial charge is 0.120 e. The molecule has 4 heteroatoms. The molecule has 21 heavy (non-hydrogen) atoms. The summed E-state index contributed by atoms with van der Waals surface area (Å²) in [5.74, 6) is 0.799. The third-order valence-electron chi connectivity index (χ3n) is 3.20. The van der Waals surface area contributed by atoms with E-state index in [0.717, 1.165) is 11.3 Å². The van der Waals surface area contributed by atoms with Crippen LogP contribution < -0.4 is 10.1 Å². The van der Waals surface area contributed by atoms with E-state index in [1.54, 1.807) is 11.3 Å². The maximum absolute atomic E-state index is 10.3. The summed E-state index contributed by atoms with van der Waals surface area (Å²) >= 11 is 1.72. The number of benzene rings is 1. The number of aliphatic hydroxyl groups is 1. The van der Waals surface area contributed by atoms with Crippen molar-refractivity contribution in [3.8, 4) is 5.75 Å². The van der Waals surface area contributed by atoms with Crippen LogP contribution in [0.5, 0.6) is 5.75 Å². The normalized spacial score (nSPS) is 14.1. The van der Waals surface area contributed by atoms with E-state index in [4.69, 9.17) is 4.74 Å². The summed E-state index contributed by atoms with van der Waals surface area (Å²) in [6.45, 7) is 6.61. The molecule has 2 N–H and O–H groups in total. The molecule has 0 aliphatic carbocycles. The summed E-state index contributed by atoms with van der Waals surface area (Å²) in [5.41, 5.74) is 0.874. The first-order chi connectivity index (χ1) is 10.1. The summed E-state index contributed by atoms with van der Waals surface area (Å²) in [6, 6.07) is 12.1. The first-order valence-electron chi connectivity index (χ1n) is 7.27. The number of rotatable bonds is 7. The van der Waals surface area contributed by atoms with Crippen molar-refractivity contribution >= 4 is 11.3 Å². The number of nitrogens with one attached hydrogen (secondary N) is 1. The largest absolute Gasteiger partial charge is 0.491 e. The quantitative estimate of drug-likeness (QED) is 0.814. The third-order valence-corrected chi connectivity index (χ3v) is 4.26. The Kier molecular flexibility index (Phi) is 5.79. The number of ether oxygens (including phenoxy) is 1. The number of hydrogen-bond acceptors (Lipinski definition) is 4. The molecule has 2 aromatic rings. The maximum atomic E-state index is 10.3. The van der Waals surface area contributed by atoms with E-state index < -0.39 is 6.10 Å². The van der Waals surface area contributed by atoms with Gasteiger partial charge in [0.2, 0.25) is 0 Å². The van der Waals surface area contributed by atoms with E-state index in [9.17, 15) is 5.11 Å². The molecule has 0 aliphatic rings. The topological polar surface area (TPSA) is 41.5 Å². The minimum atomic E-state index is -0.539. The SMILES string of the molecule is CC(C)Oc1cccc(C(O)CNC(C)c2cccs2)c1. The molecule has 1 aromatic heterocycles. The fourth-order valence-corrected chi connectivity index (χ4v) is 2.87. The molecule has 0 aliphatic heterocycles. The second-order valence-corrected chi connectivity index (χ2v) is 6.38. The Hall–Kier alpha value is -1.36. The van der Waals surface area contributed by atoms with Crippen LogP contribution in [-0.2, 0) is 0 Å². The van der Waals surface area contributed by atoms with Gasteiger partial charge in [-0.25, -0.2) is 0 Å². The van der Waals surface area contributed by atoms with Gasteiger partial charge in [0, 0.05) is 17.5 Å². The Bertz CT molecular complexity index is 539. The number of aliphatic hydroxyl groups excluding tert-OH is 1. The molecule has 0 bridgehead atoms. The first kappa shape index (κ1) is 16.0. The van der Waals surface area contributed by atoms with Crippen LogP contribution in [0.4, 0.5) is 0 Å². The van der Waals surface area contributed by atoms with Gasteiger partial charge in [0.1, 0.15) is 5.75 Å². The highest BCUT2D eigenvalue weighted by Crippen LogP contribution is 2.22. The maximum Gasteiger partial charge on any atom is 0.120 e. The highest BCUT2D eigenvalue weighted by molar-refractivity contribution is 7.10. The molecule has 114 valence electrons. The van der Waals surface area contributed by atoms with Crippen molar-refractivity contribution in [3.63, 3.8) is 0 Å². The van der Waals surface area contributed by atoms with Gasteiger partial charge in [-0.15, -0.1) is 11.3 Å². The molecule has 2 rings (SSSR count). The van der Waals surface area contributed by atoms with Gasteiger partial charge < -0.3 is 15.2 Å². The average Bonchev–Trinajstić information content (AvgIpc) is 2.98. The van der Waals surface area contributed by atoms with Crippen LogP contribution in [0.25, 0.3) is 0 Å². The minimum Gasteiger partial charge on any atom is -0.491 e. The van der Waals surface area contributed by atoms with Crippen LogP contribution in [0.15, 0.2) is 41.8 Å². The van der Waals surface area contributed by atoms with Gasteiger partial charge in [0.25, 0.3) is 0 Å². The monoisotopic (exact) mass is 305 g/mol. The first-order valence-corrected chi connectivity index (χ1v) is 8.15. The average molecular weight is 305 g/mol. The minimum absolute atomic E-state index is 0.134. The standard InChI is InChI=1S/C17H23NO2S/c1-12(2)20-15-7-4-6-14(10-15)16(19)11-18-13(3)17-8-5-9-21-17/h4-10,12-13,16,18-19H,11H2,1-3H3. The Labute approximate surface area is 130 Å². The molecule has 3 nitrogen and oxygen atoms in total. The van der Waals surface area contributed by atoms with E-state index in [1.165, 1.54) is 4.88 Å². The zero-order valence-electron chi connectivity index (χ0n) is 12.7. The predicted molar refractivity (Wildman–Crippen MR) is 87.9 cm³/mol. The van der Waals surface area contributed by atoms with Crippen LogP contribution in [0.1, 0.15) is 43.4 Å². The van der Waals surface area contributed by atoms with E-state index >= 15 is 0 Å². The van der Waals surface area contributed by atoms with Gasteiger partial charge in [0.15, 0.2) is 0 Å². The molecule has 0 fully saturated rings. The molecule has 1 aromatic carbocycles. The van der Waals surface area contributed by atoms with Crippen molar-refractivity contribution in [1.82, 2.24) is 5.32 Å². The molecule has 0 saturated carbocycles. The molecule has 1 heterocycles. The molecular weight excluding hydrogens is 282 g/mol. The summed E-state index contributed by atoms with van der Waals surface area (Å²) < 4.78 is 5.66. The Balaban J connectivity index is 1.92. The van der Waals surface area contributed by atoms with E-state index in [-0.39, 0.29) is 12.1 Å². The zero-order chi connectivity index (χ0) is 15.2. The van der Waals surface area contributed by atoms with Crippen molar-refractivity contribution in [2.24, 2.45) is 0 Å².